The van der Waals surface area contributed by atoms with Crippen LogP contribution in [0.3, 0.4) is 0 Å². The van der Waals surface area contributed by atoms with Crippen LogP contribution in [0.4, 0.5) is 0 Å². The van der Waals surface area contributed by atoms with E-state index in [9.17, 15) is 13.2 Å². The highest BCUT2D eigenvalue weighted by molar-refractivity contribution is 7.89. The van der Waals surface area contributed by atoms with Crippen molar-refractivity contribution in [2.45, 2.75) is 31.2 Å². The van der Waals surface area contributed by atoms with E-state index in [2.05, 4.69) is 4.98 Å². The van der Waals surface area contributed by atoms with Crippen LogP contribution in [0.1, 0.15) is 20.3 Å². The van der Waals surface area contributed by atoms with Crippen LogP contribution in [0.15, 0.2) is 35.4 Å². The number of methoxy groups -OCH3 is 1. The molecule has 0 aliphatic carbocycles. The minimum atomic E-state index is -4.02. The van der Waals surface area contributed by atoms with Gasteiger partial charge < -0.3 is 9.84 Å². The van der Waals surface area contributed by atoms with Crippen LogP contribution < -0.4 is 4.74 Å². The number of rotatable bonds is 7. The van der Waals surface area contributed by atoms with Crippen molar-refractivity contribution in [2.75, 3.05) is 13.7 Å². The molecule has 0 fully saturated rings. The lowest BCUT2D eigenvalue weighted by molar-refractivity contribution is -0.137. The van der Waals surface area contributed by atoms with E-state index in [4.69, 9.17) is 9.84 Å². The van der Waals surface area contributed by atoms with Crippen LogP contribution in [0, 0.1) is 0 Å². The van der Waals surface area contributed by atoms with Crippen LogP contribution in [0.25, 0.3) is 10.9 Å². The number of hydrogen-bond acceptors (Lipinski definition) is 5. The highest BCUT2D eigenvalue weighted by Gasteiger charge is 2.32. The Hall–Kier alpha value is -2.19. The maximum absolute atomic E-state index is 13.1. The van der Waals surface area contributed by atoms with Crippen LogP contribution in [0.2, 0.25) is 0 Å². The fraction of sp³-hybridized carbons (Fsp3) is 0.375. The Bertz CT molecular complexity index is 851. The molecule has 0 spiro atoms. The number of hydrogen-bond donors (Lipinski definition) is 1. The molecule has 0 saturated carbocycles. The fourth-order valence-corrected chi connectivity index (χ4v) is 4.25. The summed E-state index contributed by atoms with van der Waals surface area (Å²) in [5, 5.41) is 9.65. The Morgan fingerprint density at radius 3 is 2.67 bits per heavy atom. The van der Waals surface area contributed by atoms with Crippen molar-refractivity contribution in [1.29, 1.82) is 0 Å². The zero-order valence-corrected chi connectivity index (χ0v) is 14.6. The van der Waals surface area contributed by atoms with Crippen LogP contribution in [-0.4, -0.2) is 48.5 Å². The molecule has 0 bridgehead atoms. The van der Waals surface area contributed by atoms with Gasteiger partial charge in [0.25, 0.3) is 0 Å². The second-order valence-electron chi connectivity index (χ2n) is 5.37. The van der Waals surface area contributed by atoms with Crippen molar-refractivity contribution in [2.24, 2.45) is 0 Å². The maximum Gasteiger partial charge on any atom is 0.318 e. The number of sulfonamides is 1. The lowest BCUT2D eigenvalue weighted by Crippen LogP contribution is -2.41. The summed E-state index contributed by atoms with van der Waals surface area (Å²) in [6.07, 6.45) is 1.99. The molecular formula is C16H20N2O5S. The Morgan fingerprint density at radius 1 is 1.38 bits per heavy atom. The summed E-state index contributed by atoms with van der Waals surface area (Å²) >= 11 is 0. The van der Waals surface area contributed by atoms with Crippen molar-refractivity contribution in [1.82, 2.24) is 9.29 Å². The molecule has 2 aromatic rings. The highest BCUT2D eigenvalue weighted by atomic mass is 32.2. The van der Waals surface area contributed by atoms with E-state index in [0.29, 0.717) is 17.6 Å². The zero-order chi connectivity index (χ0) is 17.9. The van der Waals surface area contributed by atoms with Gasteiger partial charge in [0.15, 0.2) is 0 Å². The minimum absolute atomic E-state index is 0.0274. The Kier molecular flexibility index (Phi) is 5.40. The minimum Gasteiger partial charge on any atom is -0.496 e. The lowest BCUT2D eigenvalue weighted by atomic mass is 10.2. The molecule has 24 heavy (non-hydrogen) atoms. The molecule has 8 heteroatoms. The van der Waals surface area contributed by atoms with Gasteiger partial charge >= 0.3 is 5.97 Å². The Labute approximate surface area is 140 Å². The number of carboxylic acid groups (broad SMARTS) is 1. The SMILES string of the molecule is CCC(C)N(CC(=O)O)S(=O)(=O)c1ccc(OC)c2cccnc12. The van der Waals surface area contributed by atoms with E-state index in [1.807, 2.05) is 0 Å². The summed E-state index contributed by atoms with van der Waals surface area (Å²) < 4.78 is 32.4. The van der Waals surface area contributed by atoms with Gasteiger partial charge in [-0.3, -0.25) is 9.78 Å². The summed E-state index contributed by atoms with van der Waals surface area (Å²) in [5.41, 5.74) is 0.260. The van der Waals surface area contributed by atoms with Crippen molar-refractivity contribution in [3.63, 3.8) is 0 Å². The van der Waals surface area contributed by atoms with E-state index < -0.39 is 28.6 Å². The van der Waals surface area contributed by atoms with Crippen LogP contribution in [0.5, 0.6) is 5.75 Å². The summed E-state index contributed by atoms with van der Waals surface area (Å²) in [7, 11) is -2.53. The van der Waals surface area contributed by atoms with E-state index in [1.165, 1.54) is 19.4 Å². The van der Waals surface area contributed by atoms with Crippen LogP contribution >= 0.6 is 0 Å². The first-order valence-corrected chi connectivity index (χ1v) is 8.92. The second-order valence-corrected chi connectivity index (χ2v) is 7.23. The third kappa shape index (κ3) is 3.34. The fourth-order valence-electron chi connectivity index (χ4n) is 2.45. The topological polar surface area (TPSA) is 96.8 Å². The quantitative estimate of drug-likeness (QED) is 0.820. The number of benzene rings is 1. The number of ether oxygens (including phenoxy) is 1. The van der Waals surface area contributed by atoms with Gasteiger partial charge in [0.05, 0.1) is 12.6 Å². The summed E-state index contributed by atoms with van der Waals surface area (Å²) in [5.74, 6) is -0.699. The number of aliphatic carboxylic acids is 1. The van der Waals surface area contributed by atoms with Gasteiger partial charge in [-0.05, 0) is 37.6 Å². The van der Waals surface area contributed by atoms with Crippen molar-refractivity contribution in [3.05, 3.63) is 30.5 Å². The first kappa shape index (κ1) is 18.2. The number of fused-ring (bicyclic) bond motifs is 1. The normalized spacial score (nSPS) is 13.2. The molecule has 2 rings (SSSR count). The largest absolute Gasteiger partial charge is 0.496 e. The average Bonchev–Trinajstić information content (AvgIpc) is 2.57. The molecule has 1 N–H and O–H groups in total. The first-order valence-electron chi connectivity index (χ1n) is 7.48. The molecular weight excluding hydrogens is 332 g/mol. The third-order valence-corrected chi connectivity index (χ3v) is 5.86. The van der Waals surface area contributed by atoms with Gasteiger partial charge in [-0.25, -0.2) is 8.42 Å². The molecule has 0 aliphatic heterocycles. The molecule has 1 unspecified atom stereocenters. The standard InChI is InChI=1S/C16H20N2O5S/c1-4-11(2)18(10-15(19)20)24(21,22)14-8-7-13(23-3)12-6-5-9-17-16(12)14/h5-9,11H,4,10H2,1-3H3,(H,19,20). The number of carboxylic acids is 1. The lowest BCUT2D eigenvalue weighted by Gasteiger charge is -2.26. The van der Waals surface area contributed by atoms with E-state index in [0.717, 1.165) is 4.31 Å². The smallest absolute Gasteiger partial charge is 0.318 e. The first-order chi connectivity index (χ1) is 11.3. The summed E-state index contributed by atoms with van der Waals surface area (Å²) in [6.45, 7) is 2.89. The molecule has 1 aromatic heterocycles. The van der Waals surface area contributed by atoms with Crippen LogP contribution in [-0.2, 0) is 14.8 Å². The van der Waals surface area contributed by atoms with Gasteiger partial charge in [-0.2, -0.15) is 4.31 Å². The van der Waals surface area contributed by atoms with Gasteiger partial charge in [-0.15, -0.1) is 0 Å². The van der Waals surface area contributed by atoms with Crippen molar-refractivity contribution in [3.8, 4) is 5.75 Å². The Balaban J connectivity index is 2.68. The Morgan fingerprint density at radius 2 is 2.08 bits per heavy atom. The molecule has 130 valence electrons. The van der Waals surface area contributed by atoms with E-state index in [-0.39, 0.29) is 10.4 Å². The predicted molar refractivity (Wildman–Crippen MR) is 89.6 cm³/mol. The number of carbonyl (C=O) groups is 1. The van der Waals surface area contributed by atoms with Gasteiger partial charge in [0.1, 0.15) is 17.2 Å². The van der Waals surface area contributed by atoms with Gasteiger partial charge in [0, 0.05) is 17.6 Å². The van der Waals surface area contributed by atoms with Crippen molar-refractivity contribution < 1.29 is 23.1 Å². The molecule has 0 saturated heterocycles. The van der Waals surface area contributed by atoms with E-state index in [1.54, 1.807) is 32.0 Å². The molecule has 0 radical (unpaired) electrons. The summed E-state index contributed by atoms with van der Waals surface area (Å²) in [4.78, 5) is 15.3. The molecule has 0 amide bonds. The van der Waals surface area contributed by atoms with Gasteiger partial charge in [0.2, 0.25) is 10.0 Å². The zero-order valence-electron chi connectivity index (χ0n) is 13.8. The highest BCUT2D eigenvalue weighted by Crippen LogP contribution is 2.31. The number of aromatic nitrogens is 1. The van der Waals surface area contributed by atoms with Crippen molar-refractivity contribution >= 4 is 26.9 Å². The van der Waals surface area contributed by atoms with E-state index >= 15 is 0 Å². The molecule has 1 heterocycles. The predicted octanol–water partition coefficient (Wildman–Crippen LogP) is 2.12. The maximum atomic E-state index is 13.1. The number of nitrogens with zero attached hydrogens (tertiary/aromatic N) is 2. The second kappa shape index (κ2) is 7.14. The average molecular weight is 352 g/mol. The number of pyridine rings is 1. The monoisotopic (exact) mass is 352 g/mol. The third-order valence-electron chi connectivity index (χ3n) is 3.87. The molecule has 1 aromatic carbocycles. The molecule has 0 aliphatic rings. The van der Waals surface area contributed by atoms with Gasteiger partial charge in [-0.1, -0.05) is 6.92 Å². The summed E-state index contributed by atoms with van der Waals surface area (Å²) in [6, 6.07) is 5.90. The molecule has 7 nitrogen and oxygen atoms in total. The molecule has 1 atom stereocenters.